The van der Waals surface area contributed by atoms with Crippen molar-refractivity contribution in [3.05, 3.63) is 53.2 Å². The Morgan fingerprint density at radius 2 is 1.96 bits per heavy atom. The first-order chi connectivity index (χ1) is 13.4. The molecule has 0 unspecified atom stereocenters. The molecular formula is C20H20N4O3S. The van der Waals surface area contributed by atoms with E-state index in [0.29, 0.717) is 18.0 Å². The number of fused-ring (bicyclic) bond motifs is 1. The fraction of sp³-hybridized carbons (Fsp3) is 0.300. The summed E-state index contributed by atoms with van der Waals surface area (Å²) in [4.78, 5) is 31.1. The average Bonchev–Trinajstić information content (AvgIpc) is 3.37. The lowest BCUT2D eigenvalue weighted by molar-refractivity contribution is -0.144. The first-order valence-corrected chi connectivity index (χ1v) is 9.77. The van der Waals surface area contributed by atoms with E-state index in [9.17, 15) is 14.7 Å². The number of anilines is 1. The number of carbonyl (C=O) groups is 2. The normalized spacial score (nSPS) is 14.6. The van der Waals surface area contributed by atoms with Crippen LogP contribution in [0.3, 0.4) is 0 Å². The molecule has 0 bridgehead atoms. The third-order valence-electron chi connectivity index (χ3n) is 5.20. The van der Waals surface area contributed by atoms with Gasteiger partial charge in [0.15, 0.2) is 5.13 Å². The molecule has 0 atom stereocenters. The fourth-order valence-corrected chi connectivity index (χ4v) is 4.68. The van der Waals surface area contributed by atoms with Crippen LogP contribution in [0.5, 0.6) is 0 Å². The molecule has 1 aliphatic rings. The van der Waals surface area contributed by atoms with Gasteiger partial charge in [-0.05, 0) is 24.0 Å². The zero-order valence-corrected chi connectivity index (χ0v) is 16.4. The standard InChI is InChI=1S/C20H20N4O3S/c1-23-11-15(10-21-23)16-12-28-19(22-16)24(2)18(27)20(9-17(25)26)7-13-5-3-4-6-14(13)8-20/h3-6,10-12H,7-9H2,1-2H3,(H,25,26). The van der Waals surface area contributed by atoms with Gasteiger partial charge in [-0.3, -0.25) is 19.2 Å². The Bertz CT molecular complexity index is 1030. The number of carbonyl (C=O) groups excluding carboxylic acids is 1. The van der Waals surface area contributed by atoms with Crippen LogP contribution < -0.4 is 4.90 Å². The van der Waals surface area contributed by atoms with Crippen molar-refractivity contribution in [3.63, 3.8) is 0 Å². The van der Waals surface area contributed by atoms with Gasteiger partial charge in [-0.15, -0.1) is 11.3 Å². The van der Waals surface area contributed by atoms with Crippen LogP contribution in [0.1, 0.15) is 17.5 Å². The summed E-state index contributed by atoms with van der Waals surface area (Å²) in [5, 5.41) is 16.1. The number of carboxylic acid groups (broad SMARTS) is 1. The van der Waals surface area contributed by atoms with Gasteiger partial charge < -0.3 is 5.11 Å². The lowest BCUT2D eigenvalue weighted by atomic mass is 9.80. The molecule has 1 N–H and O–H groups in total. The monoisotopic (exact) mass is 396 g/mol. The summed E-state index contributed by atoms with van der Waals surface area (Å²) in [5.74, 6) is -1.18. The van der Waals surface area contributed by atoms with Crippen LogP contribution in [0.4, 0.5) is 5.13 Å². The third kappa shape index (κ3) is 3.20. The number of nitrogens with zero attached hydrogens (tertiary/aromatic N) is 4. The number of carboxylic acids is 1. The van der Waals surface area contributed by atoms with Gasteiger partial charge in [-0.25, -0.2) is 4.98 Å². The minimum atomic E-state index is -0.982. The summed E-state index contributed by atoms with van der Waals surface area (Å²) in [5.41, 5.74) is 2.72. The van der Waals surface area contributed by atoms with Crippen molar-refractivity contribution in [2.45, 2.75) is 19.3 Å². The van der Waals surface area contributed by atoms with E-state index in [1.165, 1.54) is 16.2 Å². The molecule has 7 nitrogen and oxygen atoms in total. The van der Waals surface area contributed by atoms with Gasteiger partial charge in [0, 0.05) is 31.2 Å². The van der Waals surface area contributed by atoms with E-state index in [4.69, 9.17) is 0 Å². The van der Waals surface area contributed by atoms with Crippen molar-refractivity contribution < 1.29 is 14.7 Å². The Labute approximate surface area is 166 Å². The van der Waals surface area contributed by atoms with Crippen molar-refractivity contribution >= 4 is 28.3 Å². The molecule has 1 aromatic carbocycles. The van der Waals surface area contributed by atoms with Crippen molar-refractivity contribution in [3.8, 4) is 11.3 Å². The number of amides is 1. The van der Waals surface area contributed by atoms with Crippen LogP contribution in [0.25, 0.3) is 11.3 Å². The summed E-state index contributed by atoms with van der Waals surface area (Å²) in [6.07, 6.45) is 4.24. The number of aliphatic carboxylic acids is 1. The lowest BCUT2D eigenvalue weighted by Gasteiger charge is -2.30. The second kappa shape index (κ2) is 6.87. The van der Waals surface area contributed by atoms with Crippen molar-refractivity contribution in [2.24, 2.45) is 12.5 Å². The van der Waals surface area contributed by atoms with Gasteiger partial charge in [0.05, 0.1) is 23.7 Å². The second-order valence-corrected chi connectivity index (χ2v) is 8.09. The van der Waals surface area contributed by atoms with Gasteiger partial charge in [0.25, 0.3) is 0 Å². The van der Waals surface area contributed by atoms with Crippen LogP contribution in [0.15, 0.2) is 42.0 Å². The highest BCUT2D eigenvalue weighted by Gasteiger charge is 2.47. The third-order valence-corrected chi connectivity index (χ3v) is 6.12. The Morgan fingerprint density at radius 1 is 1.29 bits per heavy atom. The van der Waals surface area contributed by atoms with Gasteiger partial charge >= 0.3 is 5.97 Å². The topological polar surface area (TPSA) is 88.3 Å². The molecule has 0 aliphatic heterocycles. The largest absolute Gasteiger partial charge is 0.481 e. The van der Waals surface area contributed by atoms with Crippen LogP contribution in [-0.2, 0) is 29.5 Å². The minimum Gasteiger partial charge on any atom is -0.481 e. The summed E-state index contributed by atoms with van der Waals surface area (Å²) in [7, 11) is 3.50. The van der Waals surface area contributed by atoms with Crippen LogP contribution in [0, 0.1) is 5.41 Å². The molecule has 28 heavy (non-hydrogen) atoms. The van der Waals surface area contributed by atoms with E-state index >= 15 is 0 Å². The molecule has 1 amide bonds. The minimum absolute atomic E-state index is 0.203. The Hall–Kier alpha value is -3.00. The van der Waals surface area contributed by atoms with E-state index in [0.717, 1.165) is 22.4 Å². The van der Waals surface area contributed by atoms with Gasteiger partial charge in [0.1, 0.15) is 0 Å². The van der Waals surface area contributed by atoms with Crippen LogP contribution in [-0.4, -0.2) is 38.8 Å². The summed E-state index contributed by atoms with van der Waals surface area (Å²) < 4.78 is 1.70. The summed E-state index contributed by atoms with van der Waals surface area (Å²) >= 11 is 1.36. The number of rotatable bonds is 5. The van der Waals surface area contributed by atoms with Gasteiger partial charge in [-0.1, -0.05) is 24.3 Å². The lowest BCUT2D eigenvalue weighted by Crippen LogP contribution is -2.44. The molecule has 8 heteroatoms. The van der Waals surface area contributed by atoms with Gasteiger partial charge in [-0.2, -0.15) is 5.10 Å². The van der Waals surface area contributed by atoms with Crippen molar-refractivity contribution in [2.75, 3.05) is 11.9 Å². The highest BCUT2D eigenvalue weighted by Crippen LogP contribution is 2.42. The maximum Gasteiger partial charge on any atom is 0.304 e. The zero-order chi connectivity index (χ0) is 19.9. The smallest absolute Gasteiger partial charge is 0.304 e. The summed E-state index contributed by atoms with van der Waals surface area (Å²) in [6.45, 7) is 0. The number of aryl methyl sites for hydroxylation is 1. The maximum absolute atomic E-state index is 13.4. The predicted molar refractivity (Wildman–Crippen MR) is 106 cm³/mol. The average molecular weight is 396 g/mol. The summed E-state index contributed by atoms with van der Waals surface area (Å²) in [6, 6.07) is 7.78. The molecule has 2 aromatic heterocycles. The molecule has 144 valence electrons. The first-order valence-electron chi connectivity index (χ1n) is 8.89. The number of benzene rings is 1. The number of thiazole rings is 1. The molecular weight excluding hydrogens is 376 g/mol. The van der Waals surface area contributed by atoms with E-state index in [1.54, 1.807) is 17.9 Å². The maximum atomic E-state index is 13.4. The van der Waals surface area contributed by atoms with Gasteiger partial charge in [0.2, 0.25) is 5.91 Å². The molecule has 0 radical (unpaired) electrons. The number of aromatic nitrogens is 3. The fourth-order valence-electron chi connectivity index (χ4n) is 3.88. The molecule has 0 fully saturated rings. The van der Waals surface area contributed by atoms with Crippen molar-refractivity contribution in [1.29, 1.82) is 0 Å². The van der Waals surface area contributed by atoms with Crippen LogP contribution >= 0.6 is 11.3 Å². The van der Waals surface area contributed by atoms with E-state index in [1.807, 2.05) is 42.9 Å². The molecule has 4 rings (SSSR count). The highest BCUT2D eigenvalue weighted by molar-refractivity contribution is 7.14. The molecule has 0 saturated carbocycles. The SMILES string of the molecule is CN(C(=O)C1(CC(=O)O)Cc2ccccc2C1)c1nc(-c2cnn(C)c2)cs1. The Balaban J connectivity index is 1.63. The predicted octanol–water partition coefficient (Wildman–Crippen LogP) is 2.77. The molecule has 0 saturated heterocycles. The first kappa shape index (κ1) is 18.4. The van der Waals surface area contributed by atoms with E-state index in [-0.39, 0.29) is 12.3 Å². The zero-order valence-electron chi connectivity index (χ0n) is 15.6. The quantitative estimate of drug-likeness (QED) is 0.716. The highest BCUT2D eigenvalue weighted by atomic mass is 32.1. The molecule has 2 heterocycles. The van der Waals surface area contributed by atoms with E-state index < -0.39 is 11.4 Å². The van der Waals surface area contributed by atoms with Crippen LogP contribution in [0.2, 0.25) is 0 Å². The molecule has 1 aliphatic carbocycles. The van der Waals surface area contributed by atoms with Crippen molar-refractivity contribution in [1.82, 2.24) is 14.8 Å². The molecule has 3 aromatic rings. The number of hydrogen-bond acceptors (Lipinski definition) is 5. The second-order valence-electron chi connectivity index (χ2n) is 7.26. The Kier molecular flexibility index (Phi) is 4.50. The Morgan fingerprint density at radius 3 is 2.54 bits per heavy atom. The van der Waals surface area contributed by atoms with E-state index in [2.05, 4.69) is 10.1 Å². The molecule has 0 spiro atoms. The number of hydrogen-bond donors (Lipinski definition) is 1.